The van der Waals surface area contributed by atoms with Crippen molar-refractivity contribution in [1.29, 1.82) is 0 Å². The first-order valence-corrected chi connectivity index (χ1v) is 9.43. The van der Waals surface area contributed by atoms with Gasteiger partial charge >= 0.3 is 11.7 Å². The van der Waals surface area contributed by atoms with Crippen molar-refractivity contribution in [3.05, 3.63) is 16.7 Å². The third-order valence-electron chi connectivity index (χ3n) is 4.58. The average molecular weight is 363 g/mol. The van der Waals surface area contributed by atoms with Gasteiger partial charge in [0.25, 0.3) is 0 Å². The highest BCUT2D eigenvalue weighted by molar-refractivity contribution is 5.69. The number of ether oxygens (including phenoxy) is 2. The van der Waals surface area contributed by atoms with Gasteiger partial charge in [0.1, 0.15) is 5.52 Å². The number of fused-ring (bicyclic) bond motifs is 1. The maximum atomic E-state index is 12.3. The molecule has 2 aromatic rings. The number of H-pyrrole nitrogens is 1. The number of nitrogens with zero attached hydrogens (tertiary/aromatic N) is 4. The largest absolute Gasteiger partial charge is 0.463 e. The number of aromatic nitrogens is 4. The van der Waals surface area contributed by atoms with Crippen LogP contribution >= 0.6 is 0 Å². The summed E-state index contributed by atoms with van der Waals surface area (Å²) in [6.07, 6.45) is 4.50. The average Bonchev–Trinajstić information content (AvgIpc) is 2.90. The second-order valence-electron chi connectivity index (χ2n) is 7.41. The van der Waals surface area contributed by atoms with E-state index in [1.807, 2.05) is 0 Å². The summed E-state index contributed by atoms with van der Waals surface area (Å²) in [6.45, 7) is 11.1. The Morgan fingerprint density at radius 2 is 2.19 bits per heavy atom. The van der Waals surface area contributed by atoms with Crippen LogP contribution in [0.5, 0.6) is 6.01 Å². The third kappa shape index (κ3) is 4.62. The van der Waals surface area contributed by atoms with Gasteiger partial charge in [-0.2, -0.15) is 4.98 Å². The van der Waals surface area contributed by atoms with E-state index in [0.29, 0.717) is 30.3 Å². The number of nitrogens with one attached hydrogen (secondary N) is 1. The molecule has 2 aromatic heterocycles. The molecule has 1 N–H and O–H groups in total. The van der Waals surface area contributed by atoms with Crippen molar-refractivity contribution in [2.45, 2.75) is 52.2 Å². The molecule has 0 radical (unpaired) electrons. The van der Waals surface area contributed by atoms with Gasteiger partial charge in [-0.3, -0.25) is 9.47 Å². The number of imidazole rings is 1. The van der Waals surface area contributed by atoms with E-state index in [2.05, 4.69) is 40.6 Å². The van der Waals surface area contributed by atoms with Crippen LogP contribution in [-0.2, 0) is 11.3 Å². The van der Waals surface area contributed by atoms with Gasteiger partial charge in [-0.05, 0) is 26.7 Å². The fourth-order valence-electron chi connectivity index (χ4n) is 3.27. The van der Waals surface area contributed by atoms with Crippen molar-refractivity contribution in [3.8, 4) is 6.01 Å². The summed E-state index contributed by atoms with van der Waals surface area (Å²) < 4.78 is 13.0. The van der Waals surface area contributed by atoms with Gasteiger partial charge in [0.2, 0.25) is 0 Å². The summed E-state index contributed by atoms with van der Waals surface area (Å²) in [7, 11) is 0. The maximum absolute atomic E-state index is 12.3. The second kappa shape index (κ2) is 8.18. The molecular weight excluding hydrogens is 334 g/mol. The van der Waals surface area contributed by atoms with E-state index in [0.717, 1.165) is 45.5 Å². The highest BCUT2D eigenvalue weighted by Crippen LogP contribution is 2.17. The molecule has 1 aliphatic rings. The summed E-state index contributed by atoms with van der Waals surface area (Å²) in [5, 5.41) is 0. The standard InChI is InChI=1S/C18H29N5O3/c1-4-5-10-25-16-19-12-14-15(21-16)23(17(24)20-14)8-6-7-22-9-11-26-18(2,3)13-22/h12H,4-11,13H2,1-3H3,(H,20,24). The van der Waals surface area contributed by atoms with Crippen LogP contribution in [0.4, 0.5) is 0 Å². The molecule has 0 saturated carbocycles. The smallest absolute Gasteiger partial charge is 0.327 e. The lowest BCUT2D eigenvalue weighted by Gasteiger charge is -2.38. The van der Waals surface area contributed by atoms with Gasteiger partial charge in [-0.1, -0.05) is 13.3 Å². The third-order valence-corrected chi connectivity index (χ3v) is 4.58. The predicted molar refractivity (Wildman–Crippen MR) is 99.6 cm³/mol. The molecule has 144 valence electrons. The summed E-state index contributed by atoms with van der Waals surface area (Å²) in [5.74, 6) is 0. The van der Waals surface area contributed by atoms with Crippen LogP contribution in [-0.4, -0.2) is 62.9 Å². The number of aromatic amines is 1. The number of hydrogen-bond donors (Lipinski definition) is 1. The molecule has 0 bridgehead atoms. The second-order valence-corrected chi connectivity index (χ2v) is 7.41. The number of rotatable bonds is 8. The van der Waals surface area contributed by atoms with Crippen LogP contribution in [0.3, 0.4) is 0 Å². The molecular formula is C18H29N5O3. The minimum absolute atomic E-state index is 0.103. The van der Waals surface area contributed by atoms with Crippen LogP contribution in [0.2, 0.25) is 0 Å². The fourth-order valence-corrected chi connectivity index (χ4v) is 3.27. The number of morpholine rings is 1. The minimum Gasteiger partial charge on any atom is -0.463 e. The number of hydrogen-bond acceptors (Lipinski definition) is 6. The lowest BCUT2D eigenvalue weighted by molar-refractivity contribution is -0.0861. The Morgan fingerprint density at radius 3 is 2.96 bits per heavy atom. The van der Waals surface area contributed by atoms with Crippen LogP contribution < -0.4 is 10.4 Å². The first kappa shape index (κ1) is 18.8. The van der Waals surface area contributed by atoms with E-state index in [1.165, 1.54) is 0 Å². The highest BCUT2D eigenvalue weighted by atomic mass is 16.5. The summed E-state index contributed by atoms with van der Waals surface area (Å²) in [4.78, 5) is 26.0. The number of unbranched alkanes of at least 4 members (excludes halogenated alkanes) is 1. The van der Waals surface area contributed by atoms with Crippen LogP contribution in [0.25, 0.3) is 11.2 Å². The van der Waals surface area contributed by atoms with Crippen LogP contribution in [0, 0.1) is 0 Å². The van der Waals surface area contributed by atoms with Gasteiger partial charge in [-0.25, -0.2) is 9.78 Å². The predicted octanol–water partition coefficient (Wildman–Crippen LogP) is 1.80. The van der Waals surface area contributed by atoms with E-state index >= 15 is 0 Å². The van der Waals surface area contributed by atoms with Crippen molar-refractivity contribution < 1.29 is 9.47 Å². The van der Waals surface area contributed by atoms with Crippen LogP contribution in [0.1, 0.15) is 40.0 Å². The van der Waals surface area contributed by atoms with Gasteiger partial charge in [0.05, 0.1) is 25.0 Å². The molecule has 3 rings (SSSR count). The molecule has 0 aromatic carbocycles. The molecule has 1 saturated heterocycles. The Hall–Kier alpha value is -1.93. The quantitative estimate of drug-likeness (QED) is 0.720. The van der Waals surface area contributed by atoms with Gasteiger partial charge in [-0.15, -0.1) is 0 Å². The lowest BCUT2D eigenvalue weighted by Crippen LogP contribution is -2.48. The van der Waals surface area contributed by atoms with Crippen molar-refractivity contribution in [3.63, 3.8) is 0 Å². The van der Waals surface area contributed by atoms with Crippen molar-refractivity contribution in [2.75, 3.05) is 32.8 Å². The van der Waals surface area contributed by atoms with Gasteiger partial charge in [0.15, 0.2) is 5.65 Å². The Morgan fingerprint density at radius 1 is 1.35 bits per heavy atom. The minimum atomic E-state index is -0.151. The van der Waals surface area contributed by atoms with Crippen molar-refractivity contribution in [1.82, 2.24) is 24.4 Å². The van der Waals surface area contributed by atoms with E-state index in [-0.39, 0.29) is 11.3 Å². The van der Waals surface area contributed by atoms with Gasteiger partial charge < -0.3 is 14.5 Å². The Bertz CT molecular complexity index is 783. The number of aryl methyl sites for hydroxylation is 1. The molecule has 3 heterocycles. The summed E-state index contributed by atoms with van der Waals surface area (Å²) in [6, 6.07) is 0.327. The topological polar surface area (TPSA) is 85.3 Å². The molecule has 8 nitrogen and oxygen atoms in total. The maximum Gasteiger partial charge on any atom is 0.327 e. The first-order valence-electron chi connectivity index (χ1n) is 9.43. The zero-order valence-electron chi connectivity index (χ0n) is 16.0. The molecule has 26 heavy (non-hydrogen) atoms. The summed E-state index contributed by atoms with van der Waals surface area (Å²) >= 11 is 0. The van der Waals surface area contributed by atoms with Crippen molar-refractivity contribution in [2.24, 2.45) is 0 Å². The summed E-state index contributed by atoms with van der Waals surface area (Å²) in [5.41, 5.74) is 1.000. The Kier molecular flexibility index (Phi) is 5.93. The lowest BCUT2D eigenvalue weighted by atomic mass is 10.1. The van der Waals surface area contributed by atoms with Gasteiger partial charge in [0, 0.05) is 26.2 Å². The highest BCUT2D eigenvalue weighted by Gasteiger charge is 2.26. The Balaban J connectivity index is 1.64. The first-order chi connectivity index (χ1) is 12.5. The molecule has 0 atom stereocenters. The zero-order valence-corrected chi connectivity index (χ0v) is 16.0. The Labute approximate surface area is 153 Å². The fraction of sp³-hybridized carbons (Fsp3) is 0.722. The molecule has 0 unspecified atom stereocenters. The van der Waals surface area contributed by atoms with E-state index in [9.17, 15) is 4.79 Å². The molecule has 1 fully saturated rings. The molecule has 0 spiro atoms. The normalized spacial score (nSPS) is 17.7. The van der Waals surface area contributed by atoms with Crippen LogP contribution in [0.15, 0.2) is 11.0 Å². The van der Waals surface area contributed by atoms with E-state index < -0.39 is 0 Å². The van der Waals surface area contributed by atoms with Crippen molar-refractivity contribution >= 4 is 11.2 Å². The van der Waals surface area contributed by atoms with E-state index in [1.54, 1.807) is 10.8 Å². The van der Waals surface area contributed by atoms with E-state index in [4.69, 9.17) is 9.47 Å². The molecule has 0 amide bonds. The molecule has 0 aliphatic carbocycles. The monoisotopic (exact) mass is 363 g/mol. The molecule has 8 heteroatoms. The zero-order chi connectivity index (χ0) is 18.6. The molecule has 1 aliphatic heterocycles. The SMILES string of the molecule is CCCCOc1ncc2[nH]c(=O)n(CCCN3CCOC(C)(C)C3)c2n1.